The van der Waals surface area contributed by atoms with Crippen LogP contribution in [0.25, 0.3) is 10.9 Å². The Kier molecular flexibility index (Phi) is 6.68. The summed E-state index contributed by atoms with van der Waals surface area (Å²) in [5.74, 6) is 3.94. The number of aromatic nitrogens is 2. The van der Waals surface area contributed by atoms with Crippen molar-refractivity contribution < 1.29 is 24.4 Å². The lowest BCUT2D eigenvalue weighted by atomic mass is 10.1. The van der Waals surface area contributed by atoms with E-state index in [1.165, 1.54) is 12.4 Å². The molecular formula is C21H21N3O5. The van der Waals surface area contributed by atoms with E-state index < -0.39 is 0 Å². The van der Waals surface area contributed by atoms with Crippen LogP contribution in [0.2, 0.25) is 0 Å². The summed E-state index contributed by atoms with van der Waals surface area (Å²) >= 11 is 0. The fraction of sp³-hybridized carbons (Fsp3) is 0.238. The fourth-order valence-electron chi connectivity index (χ4n) is 2.65. The van der Waals surface area contributed by atoms with Gasteiger partial charge in [-0.15, -0.1) is 6.42 Å². The summed E-state index contributed by atoms with van der Waals surface area (Å²) in [5, 5.41) is 22.7. The predicted octanol–water partition coefficient (Wildman–Crippen LogP) is 2.46. The van der Waals surface area contributed by atoms with E-state index in [4.69, 9.17) is 25.7 Å². The van der Waals surface area contributed by atoms with Crippen LogP contribution in [0.5, 0.6) is 17.2 Å². The molecule has 0 aliphatic heterocycles. The van der Waals surface area contributed by atoms with Crippen LogP contribution in [0, 0.1) is 12.3 Å². The molecular weight excluding hydrogens is 374 g/mol. The number of phenols is 1. The van der Waals surface area contributed by atoms with Gasteiger partial charge in [0.25, 0.3) is 0 Å². The van der Waals surface area contributed by atoms with Gasteiger partial charge < -0.3 is 29.7 Å². The topological polar surface area (TPSA) is 106 Å². The van der Waals surface area contributed by atoms with Gasteiger partial charge in [0.2, 0.25) is 0 Å². The lowest BCUT2D eigenvalue weighted by molar-refractivity contribution is 0.141. The second kappa shape index (κ2) is 9.59. The molecule has 0 fully saturated rings. The number of nitrogens with zero attached hydrogens (tertiary/aromatic N) is 2. The number of methoxy groups -OCH3 is 1. The molecule has 0 amide bonds. The highest BCUT2D eigenvalue weighted by Gasteiger charge is 2.13. The van der Waals surface area contributed by atoms with Gasteiger partial charge in [0, 0.05) is 24.2 Å². The van der Waals surface area contributed by atoms with Crippen LogP contribution in [0.4, 0.5) is 11.5 Å². The van der Waals surface area contributed by atoms with Gasteiger partial charge in [0.15, 0.2) is 11.5 Å². The van der Waals surface area contributed by atoms with E-state index in [-0.39, 0.29) is 19.0 Å². The first-order valence-electron chi connectivity index (χ1n) is 8.87. The Morgan fingerprint density at radius 1 is 1.07 bits per heavy atom. The Morgan fingerprint density at radius 2 is 1.86 bits per heavy atom. The Morgan fingerprint density at radius 3 is 2.62 bits per heavy atom. The van der Waals surface area contributed by atoms with E-state index in [9.17, 15) is 5.11 Å². The second-order valence-electron chi connectivity index (χ2n) is 5.95. The number of aromatic hydroxyl groups is 1. The van der Waals surface area contributed by atoms with Crippen LogP contribution in [-0.2, 0) is 4.74 Å². The number of benzene rings is 2. The first-order chi connectivity index (χ1) is 14.2. The highest BCUT2D eigenvalue weighted by atomic mass is 16.5. The molecule has 0 radical (unpaired) electrons. The summed E-state index contributed by atoms with van der Waals surface area (Å²) in [6, 6.07) is 8.34. The second-order valence-corrected chi connectivity index (χ2v) is 5.95. The van der Waals surface area contributed by atoms with Crippen molar-refractivity contribution in [3.63, 3.8) is 0 Å². The minimum absolute atomic E-state index is 0.0307. The van der Waals surface area contributed by atoms with Gasteiger partial charge in [0.1, 0.15) is 31.1 Å². The zero-order valence-electron chi connectivity index (χ0n) is 15.9. The number of phenolic OH excluding ortho intramolecular Hbond substituents is 1. The molecule has 3 N–H and O–H groups in total. The number of aliphatic hydroxyl groups excluding tert-OH is 1. The summed E-state index contributed by atoms with van der Waals surface area (Å²) in [5.41, 5.74) is 1.67. The summed E-state index contributed by atoms with van der Waals surface area (Å²) in [4.78, 5) is 8.61. The molecule has 3 aromatic rings. The fourth-order valence-corrected chi connectivity index (χ4v) is 2.65. The van der Waals surface area contributed by atoms with E-state index in [0.29, 0.717) is 52.7 Å². The Bertz CT molecular complexity index is 1030. The molecule has 0 atom stereocenters. The highest BCUT2D eigenvalue weighted by Crippen LogP contribution is 2.35. The number of anilines is 2. The first-order valence-corrected chi connectivity index (χ1v) is 8.87. The third-order valence-electron chi connectivity index (χ3n) is 4.01. The summed E-state index contributed by atoms with van der Waals surface area (Å²) < 4.78 is 16.4. The molecule has 0 unspecified atom stereocenters. The zero-order valence-corrected chi connectivity index (χ0v) is 15.9. The van der Waals surface area contributed by atoms with Crippen LogP contribution < -0.4 is 14.8 Å². The summed E-state index contributed by atoms with van der Waals surface area (Å²) in [6.07, 6.45) is 6.84. The van der Waals surface area contributed by atoms with Gasteiger partial charge in [-0.2, -0.15) is 0 Å². The molecule has 0 aliphatic rings. The van der Waals surface area contributed by atoms with Gasteiger partial charge in [0.05, 0.1) is 24.3 Å². The van der Waals surface area contributed by atoms with E-state index in [2.05, 4.69) is 21.2 Å². The van der Waals surface area contributed by atoms with Crippen LogP contribution in [0.3, 0.4) is 0 Å². The monoisotopic (exact) mass is 395 g/mol. The minimum atomic E-state index is -0.131. The molecule has 29 heavy (non-hydrogen) atoms. The average Bonchev–Trinajstić information content (AvgIpc) is 2.74. The lowest BCUT2D eigenvalue weighted by Crippen LogP contribution is -2.08. The average molecular weight is 395 g/mol. The summed E-state index contributed by atoms with van der Waals surface area (Å²) in [7, 11) is 1.59. The van der Waals surface area contributed by atoms with Crippen molar-refractivity contribution in [2.75, 3.05) is 38.9 Å². The number of nitrogens with one attached hydrogen (secondary N) is 1. The molecule has 0 aliphatic carbocycles. The SMILES string of the molecule is C#Cc1cc(Nc2ncnc3cc(OCCOC)c(OCCO)cc23)ccc1O. The molecule has 0 bridgehead atoms. The van der Waals surface area contributed by atoms with Gasteiger partial charge >= 0.3 is 0 Å². The molecule has 1 heterocycles. The van der Waals surface area contributed by atoms with Crippen molar-refractivity contribution in [2.24, 2.45) is 0 Å². The number of hydrogen-bond donors (Lipinski definition) is 3. The van der Waals surface area contributed by atoms with Crippen molar-refractivity contribution in [1.82, 2.24) is 9.97 Å². The molecule has 2 aromatic carbocycles. The van der Waals surface area contributed by atoms with Crippen molar-refractivity contribution in [3.8, 4) is 29.6 Å². The summed E-state index contributed by atoms with van der Waals surface area (Å²) in [6.45, 7) is 0.753. The third kappa shape index (κ3) is 4.85. The molecule has 8 nitrogen and oxygen atoms in total. The number of hydrogen-bond acceptors (Lipinski definition) is 8. The molecule has 3 rings (SSSR count). The third-order valence-corrected chi connectivity index (χ3v) is 4.01. The van der Waals surface area contributed by atoms with Crippen molar-refractivity contribution >= 4 is 22.4 Å². The van der Waals surface area contributed by atoms with E-state index in [1.807, 2.05) is 0 Å². The number of aliphatic hydroxyl groups is 1. The molecule has 150 valence electrons. The lowest BCUT2D eigenvalue weighted by Gasteiger charge is -2.15. The minimum Gasteiger partial charge on any atom is -0.507 e. The molecule has 0 saturated carbocycles. The van der Waals surface area contributed by atoms with E-state index in [1.54, 1.807) is 31.4 Å². The first kappa shape index (κ1) is 20.2. The largest absolute Gasteiger partial charge is 0.507 e. The number of ether oxygens (including phenoxy) is 3. The Hall–Kier alpha value is -3.54. The predicted molar refractivity (Wildman–Crippen MR) is 109 cm³/mol. The Labute approximate surface area is 168 Å². The quantitative estimate of drug-likeness (QED) is 0.288. The van der Waals surface area contributed by atoms with E-state index >= 15 is 0 Å². The molecule has 1 aromatic heterocycles. The van der Waals surface area contributed by atoms with Crippen molar-refractivity contribution in [3.05, 3.63) is 42.2 Å². The maximum Gasteiger partial charge on any atom is 0.163 e. The Balaban J connectivity index is 1.99. The zero-order chi connectivity index (χ0) is 20.6. The van der Waals surface area contributed by atoms with Crippen LogP contribution in [0.1, 0.15) is 5.56 Å². The van der Waals surface area contributed by atoms with Crippen LogP contribution in [0.15, 0.2) is 36.7 Å². The smallest absolute Gasteiger partial charge is 0.163 e. The van der Waals surface area contributed by atoms with Crippen LogP contribution in [-0.4, -0.2) is 53.7 Å². The van der Waals surface area contributed by atoms with Crippen molar-refractivity contribution in [2.45, 2.75) is 0 Å². The van der Waals surface area contributed by atoms with Crippen LogP contribution >= 0.6 is 0 Å². The molecule has 0 spiro atoms. The van der Waals surface area contributed by atoms with Gasteiger partial charge in [-0.05, 0) is 24.3 Å². The van der Waals surface area contributed by atoms with Crippen molar-refractivity contribution in [1.29, 1.82) is 0 Å². The normalized spacial score (nSPS) is 10.5. The maximum atomic E-state index is 9.76. The van der Waals surface area contributed by atoms with Gasteiger partial charge in [-0.1, -0.05) is 5.92 Å². The van der Waals surface area contributed by atoms with Gasteiger partial charge in [-0.3, -0.25) is 0 Å². The number of rotatable bonds is 9. The number of fused-ring (bicyclic) bond motifs is 1. The standard InChI is InChI=1S/C21H21N3O5/c1-3-14-10-15(4-5-18(14)26)24-21-16-11-19(28-7-6-25)20(29-9-8-27-2)12-17(16)22-13-23-21/h1,4-5,10-13,25-26H,6-9H2,2H3,(H,22,23,24). The molecule has 8 heteroatoms. The van der Waals surface area contributed by atoms with E-state index in [0.717, 1.165) is 0 Å². The maximum absolute atomic E-state index is 9.76. The number of terminal acetylenes is 1. The molecule has 0 saturated heterocycles. The highest BCUT2D eigenvalue weighted by molar-refractivity contribution is 5.93. The van der Waals surface area contributed by atoms with Gasteiger partial charge in [-0.25, -0.2) is 9.97 Å².